The van der Waals surface area contributed by atoms with Crippen LogP contribution in [-0.4, -0.2) is 53.8 Å². The number of piperidine rings is 1. The molecule has 3 aromatic rings. The summed E-state index contributed by atoms with van der Waals surface area (Å²) < 4.78 is 34.4. The largest absolute Gasteiger partial charge is 0.465 e. The fourth-order valence-corrected chi connectivity index (χ4v) is 6.84. The number of rotatable bonds is 7. The van der Waals surface area contributed by atoms with Gasteiger partial charge in [0.2, 0.25) is 10.0 Å². The van der Waals surface area contributed by atoms with E-state index in [-0.39, 0.29) is 40.0 Å². The zero-order valence-electron chi connectivity index (χ0n) is 20.3. The van der Waals surface area contributed by atoms with E-state index in [4.69, 9.17) is 4.74 Å². The summed E-state index contributed by atoms with van der Waals surface area (Å²) in [7, 11) is -3.67. The SMILES string of the molecule is CCOC(=O)Cn1c(=NC(=O)c2ccc(S(=O)(=O)N3CCCC(C)C3)cc2)sc2cc([N+](=O)[O-])ccc21. The highest BCUT2D eigenvalue weighted by molar-refractivity contribution is 7.89. The molecular weight excluding hydrogens is 520 g/mol. The summed E-state index contributed by atoms with van der Waals surface area (Å²) >= 11 is 1.03. The number of hydrogen-bond donors (Lipinski definition) is 0. The molecule has 1 aliphatic heterocycles. The van der Waals surface area contributed by atoms with E-state index >= 15 is 0 Å². The lowest BCUT2D eigenvalue weighted by Crippen LogP contribution is -2.39. The van der Waals surface area contributed by atoms with Gasteiger partial charge in [-0.1, -0.05) is 18.3 Å². The number of benzene rings is 2. The van der Waals surface area contributed by atoms with Crippen molar-refractivity contribution in [2.45, 2.75) is 38.1 Å². The summed E-state index contributed by atoms with van der Waals surface area (Å²) in [6.45, 7) is 4.55. The number of aromatic nitrogens is 1. The van der Waals surface area contributed by atoms with Gasteiger partial charge in [0, 0.05) is 30.8 Å². The van der Waals surface area contributed by atoms with Gasteiger partial charge < -0.3 is 9.30 Å². The number of fused-ring (bicyclic) bond motifs is 1. The van der Waals surface area contributed by atoms with Gasteiger partial charge in [-0.05, 0) is 56.0 Å². The molecular formula is C24H26N4O7S2. The molecule has 37 heavy (non-hydrogen) atoms. The van der Waals surface area contributed by atoms with E-state index in [1.807, 2.05) is 6.92 Å². The number of nitro groups is 1. The Morgan fingerprint density at radius 2 is 1.95 bits per heavy atom. The highest BCUT2D eigenvalue weighted by atomic mass is 32.2. The lowest BCUT2D eigenvalue weighted by Gasteiger charge is -2.30. The molecule has 0 radical (unpaired) electrons. The monoisotopic (exact) mass is 546 g/mol. The third kappa shape index (κ3) is 5.78. The smallest absolute Gasteiger partial charge is 0.326 e. The van der Waals surface area contributed by atoms with Crippen molar-refractivity contribution in [1.29, 1.82) is 0 Å². The van der Waals surface area contributed by atoms with E-state index < -0.39 is 26.8 Å². The minimum Gasteiger partial charge on any atom is -0.465 e. The number of carbonyl (C=O) groups excluding carboxylic acids is 2. The Balaban J connectivity index is 1.67. The fourth-order valence-electron chi connectivity index (χ4n) is 4.18. The van der Waals surface area contributed by atoms with Gasteiger partial charge in [0.05, 0.1) is 26.6 Å². The molecule has 1 saturated heterocycles. The van der Waals surface area contributed by atoms with E-state index in [0.29, 0.717) is 23.3 Å². The van der Waals surface area contributed by atoms with Crippen molar-refractivity contribution in [3.05, 3.63) is 62.9 Å². The molecule has 2 aromatic carbocycles. The first-order valence-electron chi connectivity index (χ1n) is 11.7. The number of thiazole rings is 1. The molecule has 196 valence electrons. The van der Waals surface area contributed by atoms with Crippen molar-refractivity contribution in [1.82, 2.24) is 8.87 Å². The van der Waals surface area contributed by atoms with Gasteiger partial charge in [-0.3, -0.25) is 19.7 Å². The summed E-state index contributed by atoms with van der Waals surface area (Å²) in [5, 5.41) is 11.2. The Hall–Kier alpha value is -3.42. The summed E-state index contributed by atoms with van der Waals surface area (Å²) in [6, 6.07) is 9.74. The van der Waals surface area contributed by atoms with Gasteiger partial charge in [0.1, 0.15) is 6.54 Å². The van der Waals surface area contributed by atoms with Crippen LogP contribution in [0.1, 0.15) is 37.0 Å². The molecule has 1 aromatic heterocycles. The first kappa shape index (κ1) is 26.6. The second-order valence-electron chi connectivity index (χ2n) is 8.74. The highest BCUT2D eigenvalue weighted by Crippen LogP contribution is 2.25. The van der Waals surface area contributed by atoms with Gasteiger partial charge in [-0.2, -0.15) is 9.30 Å². The average Bonchev–Trinajstić information content (AvgIpc) is 3.20. The Morgan fingerprint density at radius 1 is 1.22 bits per heavy atom. The molecule has 1 atom stereocenters. The molecule has 0 N–H and O–H groups in total. The van der Waals surface area contributed by atoms with Crippen LogP contribution in [0.4, 0.5) is 5.69 Å². The Labute approximate surface area is 217 Å². The number of nitrogens with zero attached hydrogens (tertiary/aromatic N) is 4. The zero-order chi connectivity index (χ0) is 26.7. The zero-order valence-corrected chi connectivity index (χ0v) is 22.0. The van der Waals surface area contributed by atoms with Crippen LogP contribution >= 0.6 is 11.3 Å². The second kappa shape index (κ2) is 10.9. The van der Waals surface area contributed by atoms with Crippen LogP contribution in [0.15, 0.2) is 52.4 Å². The predicted octanol–water partition coefficient (Wildman–Crippen LogP) is 3.34. The first-order valence-corrected chi connectivity index (χ1v) is 14.0. The number of sulfonamides is 1. The van der Waals surface area contributed by atoms with Crippen molar-refractivity contribution in [2.75, 3.05) is 19.7 Å². The van der Waals surface area contributed by atoms with Crippen LogP contribution in [0.5, 0.6) is 0 Å². The Morgan fingerprint density at radius 3 is 2.59 bits per heavy atom. The number of esters is 1. The van der Waals surface area contributed by atoms with Crippen LogP contribution in [0.2, 0.25) is 0 Å². The van der Waals surface area contributed by atoms with Crippen LogP contribution in [0.3, 0.4) is 0 Å². The Bertz CT molecular complexity index is 1520. The van der Waals surface area contributed by atoms with E-state index in [1.165, 1.54) is 51.3 Å². The van der Waals surface area contributed by atoms with Crippen molar-refractivity contribution < 1.29 is 27.7 Å². The van der Waals surface area contributed by atoms with Gasteiger partial charge in [0.25, 0.3) is 11.6 Å². The van der Waals surface area contributed by atoms with Gasteiger partial charge in [0.15, 0.2) is 4.80 Å². The van der Waals surface area contributed by atoms with E-state index in [9.17, 15) is 28.1 Å². The molecule has 0 spiro atoms. The maximum absolute atomic E-state index is 13.0. The fraction of sp³-hybridized carbons (Fsp3) is 0.375. The van der Waals surface area contributed by atoms with Crippen molar-refractivity contribution in [3.63, 3.8) is 0 Å². The van der Waals surface area contributed by atoms with Gasteiger partial charge in [-0.15, -0.1) is 0 Å². The standard InChI is InChI=1S/C24H26N4O7S2/c1-3-35-22(29)15-27-20-11-8-18(28(31)32)13-21(20)36-24(27)25-23(30)17-6-9-19(10-7-17)37(33,34)26-12-4-5-16(2)14-26/h6-11,13,16H,3-5,12,14-15H2,1-2H3. The first-order chi connectivity index (χ1) is 17.6. The molecule has 11 nitrogen and oxygen atoms in total. The number of nitro benzene ring substituents is 1. The van der Waals surface area contributed by atoms with Crippen molar-refractivity contribution in [3.8, 4) is 0 Å². The number of carbonyl (C=O) groups is 2. The van der Waals surface area contributed by atoms with Crippen LogP contribution in [0.25, 0.3) is 10.2 Å². The third-order valence-electron chi connectivity index (χ3n) is 6.03. The topological polar surface area (TPSA) is 141 Å². The highest BCUT2D eigenvalue weighted by Gasteiger charge is 2.28. The number of non-ortho nitro benzene ring substituents is 1. The number of ether oxygens (including phenoxy) is 1. The summed E-state index contributed by atoms with van der Waals surface area (Å²) in [4.78, 5) is 40.2. The molecule has 1 unspecified atom stereocenters. The number of amides is 1. The normalized spacial score (nSPS) is 17.1. The Kier molecular flexibility index (Phi) is 7.85. The summed E-state index contributed by atoms with van der Waals surface area (Å²) in [6.07, 6.45) is 1.79. The lowest BCUT2D eigenvalue weighted by atomic mass is 10.0. The van der Waals surface area contributed by atoms with Crippen molar-refractivity contribution in [2.24, 2.45) is 10.9 Å². The minimum absolute atomic E-state index is 0.102. The molecule has 1 fully saturated rings. The van der Waals surface area contributed by atoms with E-state index in [2.05, 4.69) is 4.99 Å². The summed E-state index contributed by atoms with van der Waals surface area (Å²) in [5.74, 6) is -0.905. The van der Waals surface area contributed by atoms with Crippen LogP contribution in [-0.2, 0) is 26.1 Å². The van der Waals surface area contributed by atoms with Crippen LogP contribution < -0.4 is 4.80 Å². The maximum Gasteiger partial charge on any atom is 0.326 e. The van der Waals surface area contributed by atoms with Crippen LogP contribution in [0, 0.1) is 16.0 Å². The molecule has 1 amide bonds. The van der Waals surface area contributed by atoms with Crippen molar-refractivity contribution >= 4 is 49.1 Å². The summed E-state index contributed by atoms with van der Waals surface area (Å²) in [5.41, 5.74) is 0.527. The molecule has 0 saturated carbocycles. The van der Waals surface area contributed by atoms with Gasteiger partial charge >= 0.3 is 5.97 Å². The van der Waals surface area contributed by atoms with E-state index in [0.717, 1.165) is 24.2 Å². The maximum atomic E-state index is 13.0. The minimum atomic E-state index is -3.67. The second-order valence-corrected chi connectivity index (χ2v) is 11.7. The van der Waals surface area contributed by atoms with Gasteiger partial charge in [-0.25, -0.2) is 8.42 Å². The number of hydrogen-bond acceptors (Lipinski definition) is 8. The van der Waals surface area contributed by atoms with E-state index in [1.54, 1.807) is 6.92 Å². The molecule has 2 heterocycles. The predicted molar refractivity (Wildman–Crippen MR) is 137 cm³/mol. The third-order valence-corrected chi connectivity index (χ3v) is 8.95. The molecule has 0 aliphatic carbocycles. The lowest BCUT2D eigenvalue weighted by molar-refractivity contribution is -0.384. The quantitative estimate of drug-likeness (QED) is 0.251. The molecule has 0 bridgehead atoms. The molecule has 1 aliphatic rings. The average molecular weight is 547 g/mol. The molecule has 4 rings (SSSR count). The molecule has 13 heteroatoms.